The van der Waals surface area contributed by atoms with E-state index in [1.54, 1.807) is 6.07 Å². The molecule has 0 atom stereocenters. The molecule has 0 aromatic heterocycles. The first-order valence-corrected chi connectivity index (χ1v) is 9.35. The Bertz CT molecular complexity index is 921. The Kier molecular flexibility index (Phi) is 6.09. The molecule has 0 heterocycles. The normalized spacial score (nSPS) is 12.2. The molecular formula is C22H24N2O4. The summed E-state index contributed by atoms with van der Waals surface area (Å²) in [6, 6.07) is 10.9. The minimum absolute atomic E-state index is 0.106. The summed E-state index contributed by atoms with van der Waals surface area (Å²) in [7, 11) is 0. The third kappa shape index (κ3) is 5.19. The Balaban J connectivity index is 1.43. The number of carbonyl (C=O) groups is 3. The number of hydrogen-bond donors (Lipinski definition) is 2. The van der Waals surface area contributed by atoms with Crippen molar-refractivity contribution in [2.24, 2.45) is 0 Å². The zero-order valence-electron chi connectivity index (χ0n) is 16.1. The molecule has 3 rings (SSSR count). The molecule has 1 aliphatic carbocycles. The van der Waals surface area contributed by atoms with Gasteiger partial charge in [0.15, 0.2) is 6.61 Å². The van der Waals surface area contributed by atoms with Crippen LogP contribution in [0.2, 0.25) is 0 Å². The summed E-state index contributed by atoms with van der Waals surface area (Å²) in [4.78, 5) is 35.7. The molecular weight excluding hydrogens is 356 g/mol. The van der Waals surface area contributed by atoms with Crippen LogP contribution < -0.4 is 10.6 Å². The van der Waals surface area contributed by atoms with Gasteiger partial charge in [-0.25, -0.2) is 4.79 Å². The van der Waals surface area contributed by atoms with E-state index < -0.39 is 24.5 Å². The minimum Gasteiger partial charge on any atom is -0.455 e. The highest BCUT2D eigenvalue weighted by Crippen LogP contribution is 2.23. The molecule has 0 saturated carbocycles. The molecule has 0 aliphatic heterocycles. The molecule has 0 radical (unpaired) electrons. The van der Waals surface area contributed by atoms with Gasteiger partial charge in [-0.15, -0.1) is 0 Å². The molecule has 28 heavy (non-hydrogen) atoms. The fourth-order valence-electron chi connectivity index (χ4n) is 3.37. The maximum atomic E-state index is 12.0. The van der Waals surface area contributed by atoms with Crippen molar-refractivity contribution in [2.75, 3.05) is 11.9 Å². The molecule has 6 heteroatoms. The first-order chi connectivity index (χ1) is 13.4. The SMILES string of the molecule is Cc1ccc(NC(=O)NC(=O)COC(=O)Cc2ccc3c(c2)CCC3)c(C)c1. The maximum Gasteiger partial charge on any atom is 0.325 e. The van der Waals surface area contributed by atoms with Gasteiger partial charge < -0.3 is 10.1 Å². The third-order valence-corrected chi connectivity index (χ3v) is 4.76. The summed E-state index contributed by atoms with van der Waals surface area (Å²) in [5, 5.41) is 4.77. The summed E-state index contributed by atoms with van der Waals surface area (Å²) in [5.41, 5.74) is 6.08. The lowest BCUT2D eigenvalue weighted by atomic mass is 10.0. The first kappa shape index (κ1) is 19.6. The van der Waals surface area contributed by atoms with Crippen molar-refractivity contribution in [3.05, 3.63) is 64.2 Å². The summed E-state index contributed by atoms with van der Waals surface area (Å²) >= 11 is 0. The fourth-order valence-corrected chi connectivity index (χ4v) is 3.37. The molecule has 6 nitrogen and oxygen atoms in total. The number of rotatable bonds is 5. The average molecular weight is 380 g/mol. The van der Waals surface area contributed by atoms with Crippen LogP contribution in [0.3, 0.4) is 0 Å². The van der Waals surface area contributed by atoms with Gasteiger partial charge in [-0.2, -0.15) is 0 Å². The molecule has 146 valence electrons. The van der Waals surface area contributed by atoms with E-state index in [0.717, 1.165) is 36.0 Å². The van der Waals surface area contributed by atoms with Gasteiger partial charge in [-0.05, 0) is 61.4 Å². The zero-order chi connectivity index (χ0) is 20.1. The van der Waals surface area contributed by atoms with E-state index in [9.17, 15) is 14.4 Å². The highest BCUT2D eigenvalue weighted by Gasteiger charge is 2.15. The minimum atomic E-state index is -0.676. The number of benzene rings is 2. The quantitative estimate of drug-likeness (QED) is 0.780. The van der Waals surface area contributed by atoms with Gasteiger partial charge >= 0.3 is 12.0 Å². The van der Waals surface area contributed by atoms with Gasteiger partial charge in [0.05, 0.1) is 6.42 Å². The largest absolute Gasteiger partial charge is 0.455 e. The van der Waals surface area contributed by atoms with Crippen molar-refractivity contribution in [3.63, 3.8) is 0 Å². The Morgan fingerprint density at radius 3 is 2.57 bits per heavy atom. The van der Waals surface area contributed by atoms with Crippen LogP contribution in [-0.4, -0.2) is 24.5 Å². The fraction of sp³-hybridized carbons (Fsp3) is 0.318. The number of urea groups is 1. The van der Waals surface area contributed by atoms with Gasteiger partial charge in [0.1, 0.15) is 0 Å². The summed E-state index contributed by atoms with van der Waals surface area (Å²) < 4.78 is 4.99. The second-order valence-corrected chi connectivity index (χ2v) is 7.11. The van der Waals surface area contributed by atoms with Crippen molar-refractivity contribution in [3.8, 4) is 0 Å². The van der Waals surface area contributed by atoms with Crippen LogP contribution in [0.5, 0.6) is 0 Å². The Morgan fingerprint density at radius 2 is 1.79 bits per heavy atom. The molecule has 3 amide bonds. The summed E-state index contributed by atoms with van der Waals surface area (Å²) in [6.07, 6.45) is 3.38. The van der Waals surface area contributed by atoms with Crippen molar-refractivity contribution < 1.29 is 19.1 Å². The van der Waals surface area contributed by atoms with Crippen LogP contribution in [0.25, 0.3) is 0 Å². The Morgan fingerprint density at radius 1 is 1.00 bits per heavy atom. The van der Waals surface area contributed by atoms with Crippen molar-refractivity contribution in [2.45, 2.75) is 39.5 Å². The number of hydrogen-bond acceptors (Lipinski definition) is 4. The van der Waals surface area contributed by atoms with E-state index in [1.165, 1.54) is 11.1 Å². The number of carbonyl (C=O) groups excluding carboxylic acids is 3. The molecule has 0 saturated heterocycles. The molecule has 1 aliphatic rings. The molecule has 2 N–H and O–H groups in total. The Labute approximate surface area is 164 Å². The lowest BCUT2D eigenvalue weighted by Gasteiger charge is -2.10. The van der Waals surface area contributed by atoms with Gasteiger partial charge in [-0.3, -0.25) is 14.9 Å². The second-order valence-electron chi connectivity index (χ2n) is 7.11. The maximum absolute atomic E-state index is 12.0. The van der Waals surface area contributed by atoms with Crippen LogP contribution in [-0.2, 0) is 33.6 Å². The van der Waals surface area contributed by atoms with Crippen LogP contribution in [0.1, 0.15) is 34.2 Å². The van der Waals surface area contributed by atoms with E-state index in [2.05, 4.69) is 16.7 Å². The van der Waals surface area contributed by atoms with Gasteiger partial charge in [0, 0.05) is 5.69 Å². The van der Waals surface area contributed by atoms with E-state index in [1.807, 2.05) is 38.1 Å². The van der Waals surface area contributed by atoms with Crippen molar-refractivity contribution >= 4 is 23.6 Å². The van der Waals surface area contributed by atoms with E-state index in [0.29, 0.717) is 5.69 Å². The van der Waals surface area contributed by atoms with Crippen molar-refractivity contribution in [1.29, 1.82) is 0 Å². The first-order valence-electron chi connectivity index (χ1n) is 9.35. The molecule has 0 fully saturated rings. The zero-order valence-corrected chi connectivity index (χ0v) is 16.1. The van der Waals surface area contributed by atoms with E-state index >= 15 is 0 Å². The number of amides is 3. The average Bonchev–Trinajstić information content (AvgIpc) is 3.10. The van der Waals surface area contributed by atoms with E-state index in [-0.39, 0.29) is 6.42 Å². The number of ether oxygens (including phenoxy) is 1. The molecule has 0 unspecified atom stereocenters. The van der Waals surface area contributed by atoms with Gasteiger partial charge in [-0.1, -0.05) is 35.9 Å². The Hall–Kier alpha value is -3.15. The number of imide groups is 1. The van der Waals surface area contributed by atoms with Crippen LogP contribution in [0, 0.1) is 13.8 Å². The van der Waals surface area contributed by atoms with Gasteiger partial charge in [0.25, 0.3) is 5.91 Å². The number of nitrogens with one attached hydrogen (secondary N) is 2. The van der Waals surface area contributed by atoms with E-state index in [4.69, 9.17) is 4.74 Å². The standard InChI is InChI=1S/C22H24N2O4/c1-14-6-9-19(15(2)10-14)23-22(27)24-20(25)13-28-21(26)12-16-7-8-17-4-3-5-18(17)11-16/h6-11H,3-5,12-13H2,1-2H3,(H2,23,24,25,27). The summed E-state index contributed by atoms with van der Waals surface area (Å²) in [6.45, 7) is 3.33. The van der Waals surface area contributed by atoms with Crippen molar-refractivity contribution in [1.82, 2.24) is 5.32 Å². The second kappa shape index (κ2) is 8.69. The topological polar surface area (TPSA) is 84.5 Å². The smallest absolute Gasteiger partial charge is 0.325 e. The molecule has 0 bridgehead atoms. The van der Waals surface area contributed by atoms with Crippen LogP contribution in [0.4, 0.5) is 10.5 Å². The molecule has 2 aromatic carbocycles. The number of aryl methyl sites for hydroxylation is 4. The predicted octanol–water partition coefficient (Wildman–Crippen LogP) is 3.23. The van der Waals surface area contributed by atoms with Crippen LogP contribution >= 0.6 is 0 Å². The predicted molar refractivity (Wildman–Crippen MR) is 106 cm³/mol. The van der Waals surface area contributed by atoms with Gasteiger partial charge in [0.2, 0.25) is 0 Å². The lowest BCUT2D eigenvalue weighted by molar-refractivity contribution is -0.147. The summed E-state index contributed by atoms with van der Waals surface area (Å²) in [5.74, 6) is -1.17. The van der Waals surface area contributed by atoms with Crippen LogP contribution in [0.15, 0.2) is 36.4 Å². The third-order valence-electron chi connectivity index (χ3n) is 4.76. The molecule has 0 spiro atoms. The number of fused-ring (bicyclic) bond motifs is 1. The highest BCUT2D eigenvalue weighted by atomic mass is 16.5. The number of anilines is 1. The number of esters is 1. The highest BCUT2D eigenvalue weighted by molar-refractivity contribution is 6.02. The monoisotopic (exact) mass is 380 g/mol. The molecule has 2 aromatic rings. The lowest BCUT2D eigenvalue weighted by Crippen LogP contribution is -2.37.